The Morgan fingerprint density at radius 1 is 1.17 bits per heavy atom. The van der Waals surface area contributed by atoms with Gasteiger partial charge in [0.1, 0.15) is 11.5 Å². The zero-order valence-electron chi connectivity index (χ0n) is 16.9. The van der Waals surface area contributed by atoms with E-state index in [0.717, 1.165) is 24.9 Å². The van der Waals surface area contributed by atoms with Crippen molar-refractivity contribution in [2.24, 2.45) is 5.41 Å². The van der Waals surface area contributed by atoms with Gasteiger partial charge in [0.25, 0.3) is 0 Å². The largest absolute Gasteiger partial charge is 0.573 e. The van der Waals surface area contributed by atoms with Crippen LogP contribution in [0.3, 0.4) is 0 Å². The van der Waals surface area contributed by atoms with Crippen LogP contribution in [0, 0.1) is 12.3 Å². The molecule has 1 N–H and O–H groups in total. The molecule has 0 aromatic heterocycles. The van der Waals surface area contributed by atoms with Gasteiger partial charge in [-0.05, 0) is 42.9 Å². The second-order valence-electron chi connectivity index (χ2n) is 8.38. The summed E-state index contributed by atoms with van der Waals surface area (Å²) in [6, 6.07) is 4.26. The molecule has 1 aliphatic heterocycles. The van der Waals surface area contributed by atoms with Crippen LogP contribution in [0.5, 0.6) is 11.5 Å². The molecule has 1 aliphatic carbocycles. The van der Waals surface area contributed by atoms with Gasteiger partial charge >= 0.3 is 6.36 Å². The van der Waals surface area contributed by atoms with Gasteiger partial charge in [-0.15, -0.1) is 13.2 Å². The minimum absolute atomic E-state index is 0.0496. The number of ether oxygens (including phenoxy) is 2. The highest BCUT2D eigenvalue weighted by molar-refractivity contribution is 5.56. The third kappa shape index (κ3) is 4.52. The van der Waals surface area contributed by atoms with E-state index in [9.17, 15) is 18.0 Å². The molecule has 1 fully saturated rings. The molecule has 5 nitrogen and oxygen atoms in total. The fourth-order valence-electron chi connectivity index (χ4n) is 3.62. The first kappa shape index (κ1) is 21.1. The zero-order valence-corrected chi connectivity index (χ0v) is 16.9. The highest BCUT2D eigenvalue weighted by Gasteiger charge is 2.56. The lowest BCUT2D eigenvalue weighted by molar-refractivity contribution is -0.274. The zero-order chi connectivity index (χ0) is 21.4. The summed E-state index contributed by atoms with van der Waals surface area (Å²) in [5.74, 6) is 0.281. The number of benzene rings is 1. The van der Waals surface area contributed by atoms with E-state index in [0.29, 0.717) is 18.0 Å². The van der Waals surface area contributed by atoms with Gasteiger partial charge in [0.15, 0.2) is 5.88 Å². The van der Waals surface area contributed by atoms with Crippen molar-refractivity contribution in [1.82, 2.24) is 10.2 Å². The molecule has 0 unspecified atom stereocenters. The smallest absolute Gasteiger partial charge is 0.441 e. The van der Waals surface area contributed by atoms with Crippen LogP contribution >= 0.6 is 0 Å². The number of alkyl halides is 3. The number of amides is 1. The number of aryl methyl sites for hydroxylation is 1. The molecule has 1 heterocycles. The maximum absolute atomic E-state index is 12.5. The Labute approximate surface area is 168 Å². The van der Waals surface area contributed by atoms with Crippen molar-refractivity contribution in [2.75, 3.05) is 6.54 Å². The quantitative estimate of drug-likeness (QED) is 0.695. The van der Waals surface area contributed by atoms with Crippen molar-refractivity contribution >= 4 is 6.41 Å². The van der Waals surface area contributed by atoms with Crippen molar-refractivity contribution in [3.05, 3.63) is 47.5 Å². The topological polar surface area (TPSA) is 50.8 Å². The van der Waals surface area contributed by atoms with E-state index in [1.807, 2.05) is 0 Å². The first-order valence-corrected chi connectivity index (χ1v) is 9.39. The van der Waals surface area contributed by atoms with Gasteiger partial charge in [0.2, 0.25) is 6.41 Å². The summed E-state index contributed by atoms with van der Waals surface area (Å²) in [7, 11) is 0. The molecule has 0 saturated heterocycles. The van der Waals surface area contributed by atoms with Crippen molar-refractivity contribution in [3.8, 4) is 11.5 Å². The Kier molecular flexibility index (Phi) is 5.32. The summed E-state index contributed by atoms with van der Waals surface area (Å²) in [5.41, 5.74) is 0.937. The van der Waals surface area contributed by atoms with E-state index in [4.69, 9.17) is 4.74 Å². The average Bonchev–Trinajstić information content (AvgIpc) is 3.40. The number of allylic oxidation sites excluding steroid dienone is 2. The van der Waals surface area contributed by atoms with Crippen LogP contribution < -0.4 is 14.8 Å². The standard InChI is InChI=1S/C21H25F3N2O3/c1-14-5-7-16(11-17(14)29-21(22,23)24)28-18-8-6-15(12-25-18)26(13-27)20(9-10-20)19(2,3)4/h5-8,11,13,25H,9-10,12H2,1-4H3. The molecule has 1 amide bonds. The van der Waals surface area contributed by atoms with Crippen LogP contribution in [0.1, 0.15) is 39.2 Å². The Morgan fingerprint density at radius 3 is 2.34 bits per heavy atom. The fourth-order valence-corrected chi connectivity index (χ4v) is 3.62. The van der Waals surface area contributed by atoms with E-state index >= 15 is 0 Å². The lowest BCUT2D eigenvalue weighted by Gasteiger charge is -2.40. The molecule has 158 valence electrons. The number of nitrogens with one attached hydrogen (secondary N) is 1. The molecule has 2 aliphatic rings. The summed E-state index contributed by atoms with van der Waals surface area (Å²) in [6.07, 6.45) is 1.46. The monoisotopic (exact) mass is 410 g/mol. The number of hydrogen-bond donors (Lipinski definition) is 1. The average molecular weight is 410 g/mol. The fraction of sp³-hybridized carbons (Fsp3) is 0.476. The van der Waals surface area contributed by atoms with Gasteiger partial charge in [-0.1, -0.05) is 26.8 Å². The highest BCUT2D eigenvalue weighted by atomic mass is 19.4. The van der Waals surface area contributed by atoms with Crippen molar-refractivity contribution in [3.63, 3.8) is 0 Å². The Balaban J connectivity index is 1.75. The second kappa shape index (κ2) is 7.31. The number of dihydropyridines is 1. The molecular weight excluding hydrogens is 385 g/mol. The Hall–Kier alpha value is -2.64. The summed E-state index contributed by atoms with van der Waals surface area (Å²) < 4.78 is 47.2. The summed E-state index contributed by atoms with van der Waals surface area (Å²) in [6.45, 7) is 8.26. The summed E-state index contributed by atoms with van der Waals surface area (Å²) >= 11 is 0. The van der Waals surface area contributed by atoms with Crippen LogP contribution in [0.25, 0.3) is 0 Å². The predicted octanol–water partition coefficient (Wildman–Crippen LogP) is 4.64. The van der Waals surface area contributed by atoms with E-state index in [2.05, 4.69) is 30.8 Å². The molecule has 0 radical (unpaired) electrons. The van der Waals surface area contributed by atoms with Gasteiger partial charge < -0.3 is 19.7 Å². The molecule has 1 aromatic rings. The number of hydrogen-bond acceptors (Lipinski definition) is 4. The maximum atomic E-state index is 12.5. The Bertz CT molecular complexity index is 850. The molecule has 8 heteroatoms. The maximum Gasteiger partial charge on any atom is 0.573 e. The van der Waals surface area contributed by atoms with Gasteiger partial charge in [-0.2, -0.15) is 0 Å². The molecule has 0 atom stereocenters. The highest BCUT2D eigenvalue weighted by Crippen LogP contribution is 2.55. The van der Waals surface area contributed by atoms with Gasteiger partial charge in [0.05, 0.1) is 12.1 Å². The third-order valence-electron chi connectivity index (χ3n) is 5.48. The number of rotatable bonds is 6. The molecule has 1 saturated carbocycles. The summed E-state index contributed by atoms with van der Waals surface area (Å²) in [4.78, 5) is 13.6. The van der Waals surface area contributed by atoms with Crippen LogP contribution in [0.15, 0.2) is 41.9 Å². The molecule has 29 heavy (non-hydrogen) atoms. The minimum atomic E-state index is -4.77. The number of halogens is 3. The second-order valence-corrected chi connectivity index (χ2v) is 8.38. The van der Waals surface area contributed by atoms with Crippen LogP contribution in [0.4, 0.5) is 13.2 Å². The van der Waals surface area contributed by atoms with Gasteiger partial charge in [-0.25, -0.2) is 0 Å². The van der Waals surface area contributed by atoms with Gasteiger partial charge in [0, 0.05) is 17.8 Å². The van der Waals surface area contributed by atoms with E-state index in [1.54, 1.807) is 23.1 Å². The lowest BCUT2D eigenvalue weighted by Crippen LogP contribution is -2.47. The lowest BCUT2D eigenvalue weighted by atomic mass is 9.82. The van der Waals surface area contributed by atoms with Crippen molar-refractivity contribution in [2.45, 2.75) is 52.4 Å². The van der Waals surface area contributed by atoms with E-state index in [-0.39, 0.29) is 22.5 Å². The van der Waals surface area contributed by atoms with Gasteiger partial charge in [-0.3, -0.25) is 4.79 Å². The number of nitrogens with zero attached hydrogens (tertiary/aromatic N) is 1. The van der Waals surface area contributed by atoms with Crippen LogP contribution in [-0.2, 0) is 4.79 Å². The SMILES string of the molecule is Cc1ccc(OC2=CC=C(N(C=O)C3(C(C)(C)C)CC3)CN2)cc1OC(F)(F)F. The van der Waals surface area contributed by atoms with Crippen LogP contribution in [-0.4, -0.2) is 29.8 Å². The minimum Gasteiger partial charge on any atom is -0.441 e. The molecule has 3 rings (SSSR count). The molecule has 0 spiro atoms. The first-order chi connectivity index (χ1) is 13.4. The normalized spacial score (nSPS) is 18.2. The molecule has 0 bridgehead atoms. The Morgan fingerprint density at radius 2 is 1.86 bits per heavy atom. The number of carbonyl (C=O) groups is 1. The van der Waals surface area contributed by atoms with Crippen molar-refractivity contribution < 1.29 is 27.4 Å². The first-order valence-electron chi connectivity index (χ1n) is 9.39. The van der Waals surface area contributed by atoms with E-state index < -0.39 is 6.36 Å². The van der Waals surface area contributed by atoms with Crippen molar-refractivity contribution in [1.29, 1.82) is 0 Å². The molecule has 1 aromatic carbocycles. The number of carbonyl (C=O) groups excluding carboxylic acids is 1. The van der Waals surface area contributed by atoms with Crippen LogP contribution in [0.2, 0.25) is 0 Å². The third-order valence-corrected chi connectivity index (χ3v) is 5.48. The predicted molar refractivity (Wildman–Crippen MR) is 102 cm³/mol. The molecular formula is C21H25F3N2O3. The van der Waals surface area contributed by atoms with E-state index in [1.165, 1.54) is 19.1 Å². The summed E-state index contributed by atoms with van der Waals surface area (Å²) in [5, 5.41) is 3.07.